The highest BCUT2D eigenvalue weighted by atomic mass is 16.3. The molecule has 0 N–H and O–H groups in total. The number of nitrogens with zero attached hydrogens (tertiary/aromatic N) is 5. The van der Waals surface area contributed by atoms with Gasteiger partial charge in [-0.1, -0.05) is 204 Å². The summed E-state index contributed by atoms with van der Waals surface area (Å²) in [6, 6.07) is 71.4. The van der Waals surface area contributed by atoms with Crippen LogP contribution in [0.5, 0.6) is 0 Å². The number of hydrogen-bond donors (Lipinski definition) is 0. The predicted molar refractivity (Wildman–Crippen MR) is 599 cm³/mol. The van der Waals surface area contributed by atoms with Crippen LogP contribution in [0, 0.1) is 69.2 Å². The summed E-state index contributed by atoms with van der Waals surface area (Å²) in [4.78, 5) is 0. The second-order valence-corrected chi connectivity index (χ2v) is 43.5. The van der Waals surface area contributed by atoms with Gasteiger partial charge in [-0.3, -0.25) is 0 Å². The molecule has 23 rings (SSSR count). The third-order valence-corrected chi connectivity index (χ3v) is 35.2. The lowest BCUT2D eigenvalue weighted by Crippen LogP contribution is -2.38. The van der Waals surface area contributed by atoms with Crippen LogP contribution >= 0.6 is 0 Å². The van der Waals surface area contributed by atoms with E-state index in [-0.39, 0.29) is 5.41 Å². The molecule has 0 radical (unpaired) electrons. The van der Waals surface area contributed by atoms with Crippen molar-refractivity contribution in [2.24, 2.45) is 35.2 Å². The summed E-state index contributed by atoms with van der Waals surface area (Å²) in [6.45, 7) is 48.8. The number of pyridine rings is 5. The fraction of sp³-hybridized carbons (Fsp3) is 0.400. The van der Waals surface area contributed by atoms with Crippen molar-refractivity contribution in [3.63, 3.8) is 0 Å². The molecule has 6 nitrogen and oxygen atoms in total. The molecule has 2 fully saturated rings. The Hall–Kier alpha value is -11.7. The molecule has 0 spiro atoms. The molecule has 4 bridgehead atoms. The van der Waals surface area contributed by atoms with Crippen LogP contribution in [0.1, 0.15) is 370 Å². The summed E-state index contributed by atoms with van der Waals surface area (Å²) in [6.07, 6.45) is 22.7. The minimum absolute atomic E-state index is 0.0800. The van der Waals surface area contributed by atoms with Crippen LogP contribution in [0.15, 0.2) is 223 Å². The largest absolute Gasteiger partial charge is 0.464 e. The van der Waals surface area contributed by atoms with Crippen LogP contribution in [-0.4, -0.2) is 0 Å². The van der Waals surface area contributed by atoms with E-state index < -0.39 is 0 Å². The molecule has 6 aliphatic rings. The molecule has 17 aromatic rings. The van der Waals surface area contributed by atoms with E-state index in [2.05, 4.69) is 379 Å². The van der Waals surface area contributed by atoms with Gasteiger partial charge in [0.05, 0.1) is 67.9 Å². The first-order chi connectivity index (χ1) is 70.0. The Morgan fingerprint density at radius 2 is 0.610 bits per heavy atom. The topological polar surface area (TPSA) is 32.5 Å². The molecular weight excluding hydrogens is 1710 g/mol. The summed E-state index contributed by atoms with van der Waals surface area (Å²) >= 11 is 0. The van der Waals surface area contributed by atoms with E-state index in [1.807, 2.05) is 13.0 Å². The minimum Gasteiger partial charge on any atom is -0.464 e. The average molecular weight is 1870 g/mol. The van der Waals surface area contributed by atoms with E-state index in [0.29, 0.717) is 59.8 Å². The van der Waals surface area contributed by atoms with E-state index in [1.54, 1.807) is 28.5 Å². The second kappa shape index (κ2) is 40.9. The third kappa shape index (κ3) is 18.3. The van der Waals surface area contributed by atoms with Crippen molar-refractivity contribution >= 4 is 75.6 Å². The summed E-state index contributed by atoms with van der Waals surface area (Å²) < 4.78 is 61.0. The number of aryl methyl sites for hydroxylation is 5. The Morgan fingerprint density at radius 1 is 0.291 bits per heavy atom. The molecule has 6 heterocycles. The van der Waals surface area contributed by atoms with Gasteiger partial charge in [0.25, 0.3) is 0 Å². The first kappa shape index (κ1) is 92.9. The van der Waals surface area contributed by atoms with Gasteiger partial charge in [-0.2, -0.15) is 22.8 Å². The van der Waals surface area contributed by atoms with Gasteiger partial charge in [0.15, 0.2) is 28.5 Å². The Labute approximate surface area is 851 Å². The molecule has 0 saturated heterocycles. The predicted octanol–water partition coefficient (Wildman–Crippen LogP) is 34.9. The van der Waals surface area contributed by atoms with Crippen molar-refractivity contribution in [1.82, 2.24) is 0 Å². The van der Waals surface area contributed by atoms with Crippen molar-refractivity contribution in [1.29, 1.82) is 0 Å². The lowest BCUT2D eigenvalue weighted by Gasteiger charge is -2.38. The lowest BCUT2D eigenvalue weighted by molar-refractivity contribution is -0.665. The third-order valence-electron chi connectivity index (χ3n) is 35.2. The van der Waals surface area contributed by atoms with Gasteiger partial charge in [-0.05, 0) is 384 Å². The molecule has 0 amide bonds. The molecule has 6 aromatic heterocycles. The molecule has 2 unspecified atom stereocenters. The van der Waals surface area contributed by atoms with Gasteiger partial charge in [0.1, 0.15) is 40.8 Å². The van der Waals surface area contributed by atoms with Crippen LogP contribution < -0.4 is 22.8 Å². The van der Waals surface area contributed by atoms with Gasteiger partial charge in [-0.15, -0.1) is 0 Å². The zero-order chi connectivity index (χ0) is 104. The van der Waals surface area contributed by atoms with Crippen molar-refractivity contribution in [3.05, 3.63) is 336 Å². The van der Waals surface area contributed by atoms with E-state index in [9.17, 15) is 0 Å². The van der Waals surface area contributed by atoms with Crippen molar-refractivity contribution in [2.75, 3.05) is 0 Å². The molecule has 2 atom stereocenters. The van der Waals surface area contributed by atoms with Crippen molar-refractivity contribution < 1.29 is 34.1 Å². The van der Waals surface area contributed by atoms with E-state index in [4.69, 9.17) is 11.3 Å². The van der Waals surface area contributed by atoms with Crippen LogP contribution in [0.4, 0.5) is 0 Å². The van der Waals surface area contributed by atoms with E-state index in [1.165, 1.54) is 184 Å². The highest BCUT2D eigenvalue weighted by Crippen LogP contribution is 2.56. The van der Waals surface area contributed by atoms with Crippen molar-refractivity contribution in [3.8, 4) is 56.3 Å². The van der Waals surface area contributed by atoms with Gasteiger partial charge >= 0.3 is 0 Å². The van der Waals surface area contributed by atoms with Crippen LogP contribution in [0.2, 0.25) is 0 Å². The molecule has 141 heavy (non-hydrogen) atoms. The monoisotopic (exact) mass is 1870 g/mol. The smallest absolute Gasteiger partial charge is 0.221 e. The van der Waals surface area contributed by atoms with E-state index >= 15 is 0 Å². The van der Waals surface area contributed by atoms with Crippen LogP contribution in [0.25, 0.3) is 132 Å². The fourth-order valence-electron chi connectivity index (χ4n) is 26.1. The molecule has 6 heteroatoms. The maximum Gasteiger partial charge on any atom is 0.221 e. The summed E-state index contributed by atoms with van der Waals surface area (Å²) in [5.41, 5.74) is 41.2. The molecule has 2 saturated carbocycles. The number of aromatic nitrogens is 5. The highest BCUT2D eigenvalue weighted by molar-refractivity contribution is 6.03. The molecule has 0 aliphatic heterocycles. The standard InChI is InChI=1S/C29H36N.C28H34N.C27H30N.C26H32N.C25H28NO/c1-6-20(7-2)23-12-13-25-24(16-23)15-19(4)30(5)29(25)26-17-28-22-10-8-21(9-11-22)27(28)14-18(26)3;1-6-19(7-2)20-10-11-24-23(14-20)13-18(4)29(5)28(24)25-16-27-22-9-8-21(15-22)26(27)12-17(25)3;1-6-20(7-2)23-12-13-25-24(16-23)15-19(4)28(5)27(25)26-17-22-11-9-8-10-21(22)14-18(26)3;1-8-18(9-2)19-14-20-13-17(4)27(7)25-23-16(3)11-10-12-21(23)26(5,6)22(15-19)24(20)25;1-6-18(7-2)19-8-9-22-21(14-19)13-17(4)26(5)25(22)23-15-24-20(10-11-27-24)12-16(23)3/h12-17,20-22H,6-11H2,1-5H3;10-14,16,19,21-22H,6-9,15H2,1-5H3;8-17,20H,6-7H2,1-5H3;10-15,18H,8-9H2,1-7H3;8-15,18H,6-7H2,1-5H3/q5*+1/i15D;13D;15D;2*13D. The zero-order valence-corrected chi connectivity index (χ0v) is 90.3. The number of rotatable bonds is 19. The Balaban J connectivity index is 0.000000120. The van der Waals surface area contributed by atoms with Gasteiger partial charge in [0, 0.05) is 75.6 Å². The summed E-state index contributed by atoms with van der Waals surface area (Å²) in [7, 11) is 10.5. The quantitative estimate of drug-likeness (QED) is 0.0743. The van der Waals surface area contributed by atoms with Gasteiger partial charge in [-0.25, -0.2) is 0 Å². The van der Waals surface area contributed by atoms with Crippen molar-refractivity contribution in [2.45, 2.75) is 320 Å². The zero-order valence-electron chi connectivity index (χ0n) is 95.3. The second-order valence-electron chi connectivity index (χ2n) is 43.5. The lowest BCUT2D eigenvalue weighted by atomic mass is 9.66. The van der Waals surface area contributed by atoms with Crippen LogP contribution in [0.3, 0.4) is 0 Å². The Kier molecular flexibility index (Phi) is 27.0. The molecule has 6 aliphatic carbocycles. The van der Waals surface area contributed by atoms with Gasteiger partial charge in [0.2, 0.25) is 28.5 Å². The maximum atomic E-state index is 8.92. The maximum absolute atomic E-state index is 8.92. The first-order valence-corrected chi connectivity index (χ1v) is 54.1. The summed E-state index contributed by atoms with van der Waals surface area (Å²) in [5.74, 6) is 5.87. The van der Waals surface area contributed by atoms with Crippen LogP contribution in [-0.2, 0) is 40.7 Å². The minimum atomic E-state index is -0.0800. The fourth-order valence-corrected chi connectivity index (χ4v) is 26.1. The highest BCUT2D eigenvalue weighted by Gasteiger charge is 2.42. The SMILES string of the molecule is [2H]c1c(C)[n+](C)c(-c2cc3c(cc2C)C2CCC3C2)c2ccc(C(CC)CC)cc12.[2H]c1c(C)[n+](C)c(-c2cc3c(cc2C)C2CCC3CC2)c2ccc(C(CC)CC)cc12.[2H]c1c(C)[n+](C)c(-c2cc3ccccc3cc2C)c2ccc(C(CC)CC)cc12.[2H]c1c(C)[n+](C)c(-c2cc3occc3cc2C)c2ccc(C(CC)CC)cc12.[2H]c1c(C)[n+](C)c2c3c(cc(C(CC)CC)cc13)C(C)(C)c1cccc(C)c1-2. The number of fused-ring (bicyclic) bond motifs is 15. The first-order valence-electron chi connectivity index (χ1n) is 56.6. The molecular formula is C135H160N5O+5. The number of benzene rings is 11. The molecule has 726 valence electrons. The summed E-state index contributed by atoms with van der Waals surface area (Å²) in [5, 5.41) is 15.1. The average Bonchev–Trinajstić information content (AvgIpc) is 0.895. The number of hydrogen-bond acceptors (Lipinski definition) is 1. The normalized spacial score (nSPS) is 16.3. The number of furan rings is 1. The Morgan fingerprint density at radius 3 is 1.01 bits per heavy atom. The van der Waals surface area contributed by atoms with E-state index in [0.717, 1.165) is 176 Å². The molecule has 11 aromatic carbocycles. The Bertz CT molecular complexity index is 8000. The van der Waals surface area contributed by atoms with Gasteiger partial charge < -0.3 is 4.42 Å².